The zero-order chi connectivity index (χ0) is 18.9. The summed E-state index contributed by atoms with van der Waals surface area (Å²) in [6.07, 6.45) is 2.80. The van der Waals surface area contributed by atoms with Crippen molar-refractivity contribution in [1.29, 1.82) is 0 Å². The van der Waals surface area contributed by atoms with Crippen LogP contribution >= 0.6 is 22.7 Å². The number of likely N-dealkylation sites (tertiary alicyclic amines) is 1. The SMILES string of the molecule is O=C(CCc1nc(-c2ccsc2)no1)N1CCC[C@@H]1c1nc2ccccc2s1. The van der Waals surface area contributed by atoms with E-state index in [-0.39, 0.29) is 11.9 Å². The molecule has 1 atom stereocenters. The van der Waals surface area contributed by atoms with Crippen LogP contribution in [0.3, 0.4) is 0 Å². The average molecular weight is 411 g/mol. The average Bonchev–Trinajstić information content (AvgIpc) is 3.50. The number of fused-ring (bicyclic) bond motifs is 1. The van der Waals surface area contributed by atoms with E-state index >= 15 is 0 Å². The van der Waals surface area contributed by atoms with Crippen LogP contribution in [0.2, 0.25) is 0 Å². The van der Waals surface area contributed by atoms with Gasteiger partial charge in [0.2, 0.25) is 17.6 Å². The molecule has 0 radical (unpaired) electrons. The van der Waals surface area contributed by atoms with Crippen molar-refractivity contribution in [2.75, 3.05) is 6.54 Å². The Labute approximate surface area is 169 Å². The van der Waals surface area contributed by atoms with Gasteiger partial charge in [-0.25, -0.2) is 4.98 Å². The van der Waals surface area contributed by atoms with Crippen LogP contribution < -0.4 is 0 Å². The molecular weight excluding hydrogens is 392 g/mol. The first-order valence-corrected chi connectivity index (χ1v) is 11.0. The van der Waals surface area contributed by atoms with Gasteiger partial charge >= 0.3 is 0 Å². The highest BCUT2D eigenvalue weighted by molar-refractivity contribution is 7.18. The van der Waals surface area contributed by atoms with E-state index in [9.17, 15) is 4.79 Å². The molecular formula is C20H18N4O2S2. The maximum atomic E-state index is 12.9. The Balaban J connectivity index is 1.27. The number of rotatable bonds is 5. The van der Waals surface area contributed by atoms with Crippen molar-refractivity contribution >= 4 is 38.8 Å². The number of aryl methyl sites for hydroxylation is 1. The third-order valence-electron chi connectivity index (χ3n) is 4.97. The van der Waals surface area contributed by atoms with Crippen LogP contribution in [0, 0.1) is 0 Å². The Hall–Kier alpha value is -2.58. The molecule has 4 aromatic rings. The summed E-state index contributed by atoms with van der Waals surface area (Å²) in [6.45, 7) is 0.781. The second-order valence-corrected chi connectivity index (χ2v) is 8.63. The predicted octanol–water partition coefficient (Wildman–Crippen LogP) is 4.70. The highest BCUT2D eigenvalue weighted by atomic mass is 32.1. The zero-order valence-corrected chi connectivity index (χ0v) is 16.7. The standard InChI is InChI=1S/C20H18N4O2S2/c25-18(8-7-17-22-19(23-26-17)13-9-11-27-12-13)24-10-3-5-15(24)20-21-14-4-1-2-6-16(14)28-20/h1-2,4,6,9,11-12,15H,3,5,7-8,10H2/t15-/m1/s1. The topological polar surface area (TPSA) is 72.1 Å². The smallest absolute Gasteiger partial charge is 0.227 e. The molecule has 142 valence electrons. The number of hydrogen-bond donors (Lipinski definition) is 0. The van der Waals surface area contributed by atoms with E-state index in [1.54, 1.807) is 22.7 Å². The lowest BCUT2D eigenvalue weighted by molar-refractivity contribution is -0.132. The second kappa shape index (κ2) is 7.44. The monoisotopic (exact) mass is 410 g/mol. The molecule has 0 bridgehead atoms. The zero-order valence-electron chi connectivity index (χ0n) is 15.1. The van der Waals surface area contributed by atoms with Crippen molar-refractivity contribution in [3.05, 3.63) is 52.0 Å². The van der Waals surface area contributed by atoms with Gasteiger partial charge in [-0.1, -0.05) is 17.3 Å². The molecule has 0 unspecified atom stereocenters. The molecule has 3 aromatic heterocycles. The highest BCUT2D eigenvalue weighted by Crippen LogP contribution is 2.36. The van der Waals surface area contributed by atoms with Crippen molar-refractivity contribution in [2.24, 2.45) is 0 Å². The minimum absolute atomic E-state index is 0.0777. The molecule has 1 aliphatic heterocycles. The van der Waals surface area contributed by atoms with Crippen molar-refractivity contribution in [2.45, 2.75) is 31.7 Å². The third kappa shape index (κ3) is 3.33. The summed E-state index contributed by atoms with van der Waals surface area (Å²) in [6, 6.07) is 10.2. The number of benzene rings is 1. The lowest BCUT2D eigenvalue weighted by atomic mass is 10.2. The number of amides is 1. The number of nitrogens with zero attached hydrogens (tertiary/aromatic N) is 4. The van der Waals surface area contributed by atoms with Crippen LogP contribution in [0.4, 0.5) is 0 Å². The van der Waals surface area contributed by atoms with Crippen LogP contribution in [0.15, 0.2) is 45.6 Å². The van der Waals surface area contributed by atoms with Crippen LogP contribution in [-0.4, -0.2) is 32.5 Å². The van der Waals surface area contributed by atoms with Crippen LogP contribution in [-0.2, 0) is 11.2 Å². The van der Waals surface area contributed by atoms with Gasteiger partial charge in [0.1, 0.15) is 5.01 Å². The molecule has 1 saturated heterocycles. The first-order chi connectivity index (χ1) is 13.8. The lowest BCUT2D eigenvalue weighted by Gasteiger charge is -2.22. The lowest BCUT2D eigenvalue weighted by Crippen LogP contribution is -2.30. The Morgan fingerprint density at radius 2 is 2.18 bits per heavy atom. The van der Waals surface area contributed by atoms with Crippen LogP contribution in [0.1, 0.15) is 36.2 Å². The van der Waals surface area contributed by atoms with E-state index in [4.69, 9.17) is 9.51 Å². The van der Waals surface area contributed by atoms with Gasteiger partial charge in [0.25, 0.3) is 0 Å². The predicted molar refractivity (Wildman–Crippen MR) is 109 cm³/mol. The summed E-state index contributed by atoms with van der Waals surface area (Å²) >= 11 is 3.28. The summed E-state index contributed by atoms with van der Waals surface area (Å²) in [5.41, 5.74) is 1.95. The minimum atomic E-state index is 0.0777. The molecule has 6 nitrogen and oxygen atoms in total. The van der Waals surface area contributed by atoms with Crippen molar-refractivity contribution < 1.29 is 9.32 Å². The van der Waals surface area contributed by atoms with Gasteiger partial charge in [0.05, 0.1) is 16.3 Å². The van der Waals surface area contributed by atoms with Gasteiger partial charge in [0, 0.05) is 30.3 Å². The Morgan fingerprint density at radius 1 is 1.25 bits per heavy atom. The molecule has 5 rings (SSSR count). The molecule has 0 aliphatic carbocycles. The first kappa shape index (κ1) is 17.5. The molecule has 0 N–H and O–H groups in total. The second-order valence-electron chi connectivity index (χ2n) is 6.79. The summed E-state index contributed by atoms with van der Waals surface area (Å²) in [7, 11) is 0. The molecule has 1 aliphatic rings. The van der Waals surface area contributed by atoms with Crippen LogP contribution in [0.5, 0.6) is 0 Å². The van der Waals surface area contributed by atoms with E-state index < -0.39 is 0 Å². The van der Waals surface area contributed by atoms with E-state index in [1.807, 2.05) is 39.9 Å². The van der Waals surface area contributed by atoms with Gasteiger partial charge in [-0.05, 0) is 36.4 Å². The van der Waals surface area contributed by atoms with E-state index in [1.165, 1.54) is 4.70 Å². The number of carbonyl (C=O) groups is 1. The molecule has 0 saturated carbocycles. The van der Waals surface area contributed by atoms with E-state index in [0.717, 1.165) is 35.5 Å². The fourth-order valence-electron chi connectivity index (χ4n) is 3.58. The Kier molecular flexibility index (Phi) is 4.66. The van der Waals surface area contributed by atoms with Gasteiger partial charge < -0.3 is 9.42 Å². The van der Waals surface area contributed by atoms with Crippen LogP contribution in [0.25, 0.3) is 21.6 Å². The Morgan fingerprint density at radius 3 is 3.04 bits per heavy atom. The maximum Gasteiger partial charge on any atom is 0.227 e. The number of para-hydroxylation sites is 1. The molecule has 28 heavy (non-hydrogen) atoms. The molecule has 1 fully saturated rings. The molecule has 1 aromatic carbocycles. The minimum Gasteiger partial charge on any atom is -0.339 e. The Bertz CT molecular complexity index is 1070. The van der Waals surface area contributed by atoms with E-state index in [2.05, 4.69) is 16.2 Å². The largest absolute Gasteiger partial charge is 0.339 e. The van der Waals surface area contributed by atoms with Crippen molar-refractivity contribution in [1.82, 2.24) is 20.0 Å². The van der Waals surface area contributed by atoms with Gasteiger partial charge in [-0.3, -0.25) is 4.79 Å². The number of thiazole rings is 1. The first-order valence-electron chi connectivity index (χ1n) is 9.28. The summed E-state index contributed by atoms with van der Waals surface area (Å²) < 4.78 is 6.49. The summed E-state index contributed by atoms with van der Waals surface area (Å²) in [5, 5.41) is 9.00. The quantitative estimate of drug-likeness (QED) is 0.477. The van der Waals surface area contributed by atoms with Crippen molar-refractivity contribution in [3.8, 4) is 11.4 Å². The molecule has 8 heteroatoms. The molecule has 4 heterocycles. The number of aromatic nitrogens is 3. The molecule has 0 spiro atoms. The fourth-order valence-corrected chi connectivity index (χ4v) is 5.33. The number of hydrogen-bond acceptors (Lipinski definition) is 7. The van der Waals surface area contributed by atoms with E-state index in [0.29, 0.717) is 24.6 Å². The van der Waals surface area contributed by atoms with Gasteiger partial charge in [-0.2, -0.15) is 16.3 Å². The van der Waals surface area contributed by atoms with Crippen molar-refractivity contribution in [3.63, 3.8) is 0 Å². The van der Waals surface area contributed by atoms with Gasteiger partial charge in [-0.15, -0.1) is 11.3 Å². The highest BCUT2D eigenvalue weighted by Gasteiger charge is 2.32. The number of thiophene rings is 1. The fraction of sp³-hybridized carbons (Fsp3) is 0.300. The summed E-state index contributed by atoms with van der Waals surface area (Å²) in [4.78, 5) is 24.0. The maximum absolute atomic E-state index is 12.9. The normalized spacial score (nSPS) is 16.9. The summed E-state index contributed by atoms with van der Waals surface area (Å²) in [5.74, 6) is 1.21. The molecule has 1 amide bonds. The third-order valence-corrected chi connectivity index (χ3v) is 6.79. The van der Waals surface area contributed by atoms with Gasteiger partial charge in [0.15, 0.2) is 0 Å². The number of carbonyl (C=O) groups excluding carboxylic acids is 1.